The summed E-state index contributed by atoms with van der Waals surface area (Å²) in [6.45, 7) is 16.0. The molecule has 0 bridgehead atoms. The van der Waals surface area contributed by atoms with Crippen molar-refractivity contribution >= 4 is 5.69 Å². The lowest BCUT2D eigenvalue weighted by Crippen LogP contribution is -2.60. The predicted molar refractivity (Wildman–Crippen MR) is 93.1 cm³/mol. The summed E-state index contributed by atoms with van der Waals surface area (Å²) in [7, 11) is 0. The van der Waals surface area contributed by atoms with Gasteiger partial charge in [-0.1, -0.05) is 51.8 Å². The molecule has 1 aliphatic rings. The number of benzene rings is 1. The van der Waals surface area contributed by atoms with Crippen molar-refractivity contribution in [3.8, 4) is 0 Å². The minimum absolute atomic E-state index is 0.590. The van der Waals surface area contributed by atoms with Crippen LogP contribution in [0.15, 0.2) is 18.2 Å². The highest BCUT2D eigenvalue weighted by molar-refractivity contribution is 5.56. The van der Waals surface area contributed by atoms with Crippen LogP contribution in [0.1, 0.15) is 45.2 Å². The molecule has 21 heavy (non-hydrogen) atoms. The lowest BCUT2D eigenvalue weighted by atomic mass is 9.91. The summed E-state index contributed by atoms with van der Waals surface area (Å²) in [4.78, 5) is 2.66. The zero-order chi connectivity index (χ0) is 15.6. The lowest BCUT2D eigenvalue weighted by molar-refractivity contribution is 0.281. The predicted octanol–water partition coefficient (Wildman–Crippen LogP) is 4.15. The molecule has 3 atom stereocenters. The third-order valence-electron chi connectivity index (χ3n) is 5.15. The van der Waals surface area contributed by atoms with E-state index in [1.165, 1.54) is 23.2 Å². The van der Waals surface area contributed by atoms with Crippen LogP contribution in [-0.2, 0) is 0 Å². The molecule has 1 aromatic carbocycles. The maximum absolute atomic E-state index is 3.79. The van der Waals surface area contributed by atoms with Crippen LogP contribution in [0.25, 0.3) is 0 Å². The largest absolute Gasteiger partial charge is 0.365 e. The van der Waals surface area contributed by atoms with Gasteiger partial charge in [-0.05, 0) is 37.3 Å². The number of aryl methyl sites for hydroxylation is 2. The molecule has 0 amide bonds. The molecule has 3 unspecified atom stereocenters. The van der Waals surface area contributed by atoms with Gasteiger partial charge in [-0.15, -0.1) is 0 Å². The molecular weight excluding hydrogens is 256 g/mol. The summed E-state index contributed by atoms with van der Waals surface area (Å²) in [5.41, 5.74) is 4.19. The zero-order valence-electron chi connectivity index (χ0n) is 14.6. The molecule has 0 aliphatic carbocycles. The monoisotopic (exact) mass is 288 g/mol. The SMILES string of the molecule is CCC(C)C1CN(c2ccc(C)cc2C)C(C(C)C)CN1. The van der Waals surface area contributed by atoms with Crippen molar-refractivity contribution in [1.29, 1.82) is 0 Å². The maximum Gasteiger partial charge on any atom is 0.0438 e. The topological polar surface area (TPSA) is 15.3 Å². The normalized spacial score (nSPS) is 24.4. The van der Waals surface area contributed by atoms with E-state index in [1.807, 2.05) is 0 Å². The molecule has 0 saturated carbocycles. The van der Waals surface area contributed by atoms with Crippen molar-refractivity contribution < 1.29 is 0 Å². The molecule has 1 aliphatic heterocycles. The molecule has 1 heterocycles. The second-order valence-corrected chi connectivity index (χ2v) is 7.15. The van der Waals surface area contributed by atoms with Gasteiger partial charge in [-0.3, -0.25) is 0 Å². The number of rotatable bonds is 4. The second kappa shape index (κ2) is 6.83. The molecule has 0 spiro atoms. The molecule has 0 aromatic heterocycles. The third kappa shape index (κ3) is 3.60. The molecule has 2 rings (SSSR count). The highest BCUT2D eigenvalue weighted by Gasteiger charge is 2.32. The minimum atomic E-state index is 0.590. The van der Waals surface area contributed by atoms with E-state index >= 15 is 0 Å². The van der Waals surface area contributed by atoms with E-state index in [1.54, 1.807) is 0 Å². The second-order valence-electron chi connectivity index (χ2n) is 7.15. The smallest absolute Gasteiger partial charge is 0.0438 e. The standard InChI is InChI=1S/C19H32N2/c1-7-15(5)17-12-21(19(11-20-17)13(2)3)18-9-8-14(4)10-16(18)6/h8-10,13,15,17,19-20H,7,11-12H2,1-6H3. The fourth-order valence-electron chi connectivity index (χ4n) is 3.46. The van der Waals surface area contributed by atoms with Gasteiger partial charge in [-0.2, -0.15) is 0 Å². The van der Waals surface area contributed by atoms with Crippen LogP contribution in [-0.4, -0.2) is 25.2 Å². The van der Waals surface area contributed by atoms with Gasteiger partial charge >= 0.3 is 0 Å². The summed E-state index contributed by atoms with van der Waals surface area (Å²) in [5, 5.41) is 3.79. The Morgan fingerprint density at radius 2 is 1.95 bits per heavy atom. The van der Waals surface area contributed by atoms with Crippen LogP contribution in [0.4, 0.5) is 5.69 Å². The third-order valence-corrected chi connectivity index (χ3v) is 5.15. The Labute approximate surface area is 130 Å². The summed E-state index contributed by atoms with van der Waals surface area (Å²) < 4.78 is 0. The van der Waals surface area contributed by atoms with E-state index in [2.05, 4.69) is 70.0 Å². The average Bonchev–Trinajstić information content (AvgIpc) is 2.45. The van der Waals surface area contributed by atoms with Crippen molar-refractivity contribution in [2.75, 3.05) is 18.0 Å². The van der Waals surface area contributed by atoms with Crippen molar-refractivity contribution in [3.05, 3.63) is 29.3 Å². The first-order valence-corrected chi connectivity index (χ1v) is 8.51. The number of piperazine rings is 1. The first-order valence-electron chi connectivity index (χ1n) is 8.51. The van der Waals surface area contributed by atoms with Crippen LogP contribution in [0.5, 0.6) is 0 Å². The quantitative estimate of drug-likeness (QED) is 0.895. The van der Waals surface area contributed by atoms with Gasteiger partial charge in [0.2, 0.25) is 0 Å². The van der Waals surface area contributed by atoms with E-state index < -0.39 is 0 Å². The molecule has 1 fully saturated rings. The number of hydrogen-bond acceptors (Lipinski definition) is 2. The minimum Gasteiger partial charge on any atom is -0.365 e. The molecule has 2 nitrogen and oxygen atoms in total. The summed E-state index contributed by atoms with van der Waals surface area (Å²) in [5.74, 6) is 1.39. The highest BCUT2D eigenvalue weighted by atomic mass is 15.2. The number of nitrogens with zero attached hydrogens (tertiary/aromatic N) is 1. The van der Waals surface area contributed by atoms with E-state index in [-0.39, 0.29) is 0 Å². The van der Waals surface area contributed by atoms with Gasteiger partial charge in [0, 0.05) is 30.9 Å². The first-order chi connectivity index (χ1) is 9.93. The van der Waals surface area contributed by atoms with Crippen LogP contribution >= 0.6 is 0 Å². The van der Waals surface area contributed by atoms with Gasteiger partial charge in [-0.25, -0.2) is 0 Å². The number of anilines is 1. The highest BCUT2D eigenvalue weighted by Crippen LogP contribution is 2.29. The van der Waals surface area contributed by atoms with Crippen LogP contribution < -0.4 is 10.2 Å². The zero-order valence-corrected chi connectivity index (χ0v) is 14.6. The van der Waals surface area contributed by atoms with Crippen molar-refractivity contribution in [2.45, 2.75) is 60.0 Å². The molecule has 1 aromatic rings. The fourth-order valence-corrected chi connectivity index (χ4v) is 3.46. The van der Waals surface area contributed by atoms with Gasteiger partial charge in [0.1, 0.15) is 0 Å². The Bertz CT molecular complexity index is 467. The Balaban J connectivity index is 2.29. The maximum atomic E-state index is 3.79. The fraction of sp³-hybridized carbons (Fsp3) is 0.684. The molecule has 118 valence electrons. The average molecular weight is 288 g/mol. The van der Waals surface area contributed by atoms with Gasteiger partial charge in [0.25, 0.3) is 0 Å². The van der Waals surface area contributed by atoms with Gasteiger partial charge in [0.05, 0.1) is 0 Å². The van der Waals surface area contributed by atoms with Crippen LogP contribution in [0.2, 0.25) is 0 Å². The molecular formula is C19H32N2. The first kappa shape index (κ1) is 16.4. The van der Waals surface area contributed by atoms with Crippen LogP contribution in [0, 0.1) is 25.7 Å². The van der Waals surface area contributed by atoms with Crippen LogP contribution in [0.3, 0.4) is 0 Å². The van der Waals surface area contributed by atoms with Gasteiger partial charge < -0.3 is 10.2 Å². The van der Waals surface area contributed by atoms with E-state index in [0.717, 1.165) is 19.0 Å². The van der Waals surface area contributed by atoms with Crippen molar-refractivity contribution in [2.24, 2.45) is 11.8 Å². The molecule has 1 saturated heterocycles. The van der Waals surface area contributed by atoms with Crippen molar-refractivity contribution in [3.63, 3.8) is 0 Å². The van der Waals surface area contributed by atoms with E-state index in [0.29, 0.717) is 18.0 Å². The van der Waals surface area contributed by atoms with E-state index in [4.69, 9.17) is 0 Å². The Morgan fingerprint density at radius 1 is 1.24 bits per heavy atom. The summed E-state index contributed by atoms with van der Waals surface area (Å²) >= 11 is 0. The Kier molecular flexibility index (Phi) is 5.32. The van der Waals surface area contributed by atoms with E-state index in [9.17, 15) is 0 Å². The van der Waals surface area contributed by atoms with Crippen molar-refractivity contribution in [1.82, 2.24) is 5.32 Å². The molecule has 1 N–H and O–H groups in total. The summed E-state index contributed by atoms with van der Waals surface area (Å²) in [6.07, 6.45) is 1.24. The summed E-state index contributed by atoms with van der Waals surface area (Å²) in [6, 6.07) is 8.07. The molecule has 0 radical (unpaired) electrons. The number of hydrogen-bond donors (Lipinski definition) is 1. The Hall–Kier alpha value is -1.02. The van der Waals surface area contributed by atoms with Gasteiger partial charge in [0.15, 0.2) is 0 Å². The number of nitrogens with one attached hydrogen (secondary N) is 1. The lowest BCUT2D eigenvalue weighted by Gasteiger charge is -2.46. The molecule has 2 heteroatoms. The Morgan fingerprint density at radius 3 is 2.52 bits per heavy atom.